The first-order valence-electron chi connectivity index (χ1n) is 5.25. The van der Waals surface area contributed by atoms with Crippen LogP contribution in [0.2, 0.25) is 0 Å². The largest absolute Gasteiger partial charge is 0.463 e. The maximum atomic E-state index is 11.3. The summed E-state index contributed by atoms with van der Waals surface area (Å²) in [7, 11) is 0. The van der Waals surface area contributed by atoms with Crippen LogP contribution in [0.3, 0.4) is 0 Å². The molecular weight excluding hydrogens is 220 g/mol. The average Bonchev–Trinajstić information content (AvgIpc) is 2.29. The van der Waals surface area contributed by atoms with E-state index in [0.29, 0.717) is 5.56 Å². The highest BCUT2D eigenvalue weighted by molar-refractivity contribution is 5.91. The molecule has 0 spiro atoms. The van der Waals surface area contributed by atoms with E-state index in [4.69, 9.17) is 9.47 Å². The average molecular weight is 234 g/mol. The summed E-state index contributed by atoms with van der Waals surface area (Å²) in [4.78, 5) is 22.3. The van der Waals surface area contributed by atoms with E-state index in [2.05, 4.69) is 0 Å². The number of benzene rings is 1. The zero-order chi connectivity index (χ0) is 12.7. The molecule has 1 rings (SSSR count). The summed E-state index contributed by atoms with van der Waals surface area (Å²) < 4.78 is 9.74. The molecule has 0 N–H and O–H groups in total. The van der Waals surface area contributed by atoms with Crippen molar-refractivity contribution in [1.82, 2.24) is 0 Å². The molecule has 0 fully saturated rings. The Kier molecular flexibility index (Phi) is 4.94. The molecule has 0 aromatic heterocycles. The smallest absolute Gasteiger partial charge is 0.334 e. The summed E-state index contributed by atoms with van der Waals surface area (Å²) in [5.74, 6) is -0.825. The van der Waals surface area contributed by atoms with E-state index in [1.165, 1.54) is 13.0 Å². The van der Waals surface area contributed by atoms with Gasteiger partial charge in [0.1, 0.15) is 5.76 Å². The Bertz CT molecular complexity index is 420. The molecule has 90 valence electrons. The lowest BCUT2D eigenvalue weighted by Crippen LogP contribution is -2.04. The van der Waals surface area contributed by atoms with Crippen LogP contribution in [0.1, 0.15) is 19.4 Å². The van der Waals surface area contributed by atoms with Gasteiger partial charge >= 0.3 is 11.9 Å². The van der Waals surface area contributed by atoms with Gasteiger partial charge in [0.25, 0.3) is 0 Å². The quantitative estimate of drug-likeness (QED) is 0.455. The van der Waals surface area contributed by atoms with Crippen molar-refractivity contribution in [3.63, 3.8) is 0 Å². The molecule has 0 aliphatic rings. The lowest BCUT2D eigenvalue weighted by atomic mass is 10.2. The van der Waals surface area contributed by atoms with Crippen molar-refractivity contribution in [1.29, 1.82) is 0 Å². The number of ether oxygens (including phenoxy) is 2. The van der Waals surface area contributed by atoms with Crippen LogP contribution in [0, 0.1) is 0 Å². The number of hydrogen-bond acceptors (Lipinski definition) is 4. The van der Waals surface area contributed by atoms with E-state index in [-0.39, 0.29) is 12.4 Å². The van der Waals surface area contributed by atoms with Crippen molar-refractivity contribution in [3.8, 4) is 0 Å². The van der Waals surface area contributed by atoms with Crippen molar-refractivity contribution in [3.05, 3.63) is 42.0 Å². The van der Waals surface area contributed by atoms with E-state index in [1.807, 2.05) is 6.07 Å². The number of carbonyl (C=O) groups is 2. The minimum Gasteiger partial charge on any atom is -0.463 e. The van der Waals surface area contributed by atoms with Crippen LogP contribution in [0.4, 0.5) is 0 Å². The fraction of sp³-hybridized carbons (Fsp3) is 0.231. The maximum absolute atomic E-state index is 11.3. The molecule has 0 heterocycles. The van der Waals surface area contributed by atoms with E-state index >= 15 is 0 Å². The molecule has 17 heavy (non-hydrogen) atoms. The van der Waals surface area contributed by atoms with Crippen LogP contribution in [0.15, 0.2) is 36.4 Å². The molecule has 0 saturated heterocycles. The van der Waals surface area contributed by atoms with E-state index in [0.717, 1.165) is 0 Å². The SMILES string of the molecule is CCOC(=O)C=C(OC(C)=O)c1ccccc1. The summed E-state index contributed by atoms with van der Waals surface area (Å²) >= 11 is 0. The van der Waals surface area contributed by atoms with Gasteiger partial charge in [-0.25, -0.2) is 4.79 Å². The van der Waals surface area contributed by atoms with Crippen LogP contribution < -0.4 is 0 Å². The van der Waals surface area contributed by atoms with Crippen LogP contribution in [-0.4, -0.2) is 18.5 Å². The van der Waals surface area contributed by atoms with E-state index < -0.39 is 11.9 Å². The van der Waals surface area contributed by atoms with Gasteiger partial charge in [0.15, 0.2) is 0 Å². The topological polar surface area (TPSA) is 52.6 Å². The zero-order valence-corrected chi connectivity index (χ0v) is 9.80. The molecule has 0 unspecified atom stereocenters. The molecule has 1 aromatic carbocycles. The lowest BCUT2D eigenvalue weighted by molar-refractivity contribution is -0.137. The molecule has 0 radical (unpaired) electrons. The van der Waals surface area contributed by atoms with Gasteiger partial charge in [-0.2, -0.15) is 0 Å². The van der Waals surface area contributed by atoms with Crippen LogP contribution >= 0.6 is 0 Å². The summed E-state index contributed by atoms with van der Waals surface area (Å²) in [6.07, 6.45) is 1.17. The summed E-state index contributed by atoms with van der Waals surface area (Å²) in [5.41, 5.74) is 0.649. The molecule has 4 heteroatoms. The summed E-state index contributed by atoms with van der Waals surface area (Å²) in [6.45, 7) is 3.26. The second kappa shape index (κ2) is 6.48. The molecule has 0 saturated carbocycles. The second-order valence-corrected chi connectivity index (χ2v) is 3.22. The van der Waals surface area contributed by atoms with Crippen molar-refractivity contribution >= 4 is 17.7 Å². The summed E-state index contributed by atoms with van der Waals surface area (Å²) in [6, 6.07) is 8.90. The molecule has 4 nitrogen and oxygen atoms in total. The third-order valence-corrected chi connectivity index (χ3v) is 1.85. The first-order valence-corrected chi connectivity index (χ1v) is 5.25. The Morgan fingerprint density at radius 1 is 1.24 bits per heavy atom. The fourth-order valence-electron chi connectivity index (χ4n) is 1.22. The first kappa shape index (κ1) is 13.0. The molecule has 0 atom stereocenters. The Balaban J connectivity index is 2.96. The Hall–Kier alpha value is -2.10. The monoisotopic (exact) mass is 234 g/mol. The van der Waals surface area contributed by atoms with Gasteiger partial charge in [0.05, 0.1) is 12.7 Å². The van der Waals surface area contributed by atoms with Crippen LogP contribution in [0.5, 0.6) is 0 Å². The minimum absolute atomic E-state index is 0.191. The Morgan fingerprint density at radius 2 is 1.88 bits per heavy atom. The highest BCUT2D eigenvalue weighted by Crippen LogP contribution is 2.15. The van der Waals surface area contributed by atoms with Gasteiger partial charge in [0, 0.05) is 12.5 Å². The Morgan fingerprint density at radius 3 is 2.41 bits per heavy atom. The Labute approximate surface area is 99.8 Å². The van der Waals surface area contributed by atoms with Gasteiger partial charge in [0.2, 0.25) is 0 Å². The molecule has 0 bridgehead atoms. The van der Waals surface area contributed by atoms with E-state index in [9.17, 15) is 9.59 Å². The number of carbonyl (C=O) groups excluding carboxylic acids is 2. The van der Waals surface area contributed by atoms with Crippen molar-refractivity contribution < 1.29 is 19.1 Å². The molecule has 1 aromatic rings. The van der Waals surface area contributed by atoms with E-state index in [1.54, 1.807) is 31.2 Å². The molecule has 0 aliphatic carbocycles. The van der Waals surface area contributed by atoms with Gasteiger partial charge in [-0.15, -0.1) is 0 Å². The molecule has 0 aliphatic heterocycles. The van der Waals surface area contributed by atoms with Gasteiger partial charge in [-0.1, -0.05) is 30.3 Å². The van der Waals surface area contributed by atoms with Crippen LogP contribution in [0.25, 0.3) is 5.76 Å². The second-order valence-electron chi connectivity index (χ2n) is 3.22. The number of esters is 2. The maximum Gasteiger partial charge on any atom is 0.334 e. The normalized spacial score (nSPS) is 10.8. The van der Waals surface area contributed by atoms with Gasteiger partial charge < -0.3 is 9.47 Å². The highest BCUT2D eigenvalue weighted by Gasteiger charge is 2.08. The van der Waals surface area contributed by atoms with Crippen molar-refractivity contribution in [2.24, 2.45) is 0 Å². The van der Waals surface area contributed by atoms with Crippen molar-refractivity contribution in [2.45, 2.75) is 13.8 Å². The fourth-order valence-corrected chi connectivity index (χ4v) is 1.22. The summed E-state index contributed by atoms with van der Waals surface area (Å²) in [5, 5.41) is 0. The van der Waals surface area contributed by atoms with Gasteiger partial charge in [-0.05, 0) is 6.92 Å². The van der Waals surface area contributed by atoms with Gasteiger partial charge in [-0.3, -0.25) is 4.79 Å². The van der Waals surface area contributed by atoms with Crippen LogP contribution in [-0.2, 0) is 19.1 Å². The first-order chi connectivity index (χ1) is 8.13. The third kappa shape index (κ3) is 4.51. The number of hydrogen-bond donors (Lipinski definition) is 0. The zero-order valence-electron chi connectivity index (χ0n) is 9.80. The predicted octanol–water partition coefficient (Wildman–Crippen LogP) is 2.15. The highest BCUT2D eigenvalue weighted by atomic mass is 16.5. The lowest BCUT2D eigenvalue weighted by Gasteiger charge is -2.06. The molecule has 0 amide bonds. The molecular formula is C13H14O4. The third-order valence-electron chi connectivity index (χ3n) is 1.85. The number of rotatable bonds is 4. The standard InChI is InChI=1S/C13H14O4/c1-3-16-13(15)9-12(17-10(2)14)11-7-5-4-6-8-11/h4-9H,3H2,1-2H3. The van der Waals surface area contributed by atoms with Crippen molar-refractivity contribution in [2.75, 3.05) is 6.61 Å². The predicted molar refractivity (Wildman–Crippen MR) is 62.8 cm³/mol. The minimum atomic E-state index is -0.535.